The van der Waals surface area contributed by atoms with Gasteiger partial charge in [0, 0.05) is 32.2 Å². The van der Waals surface area contributed by atoms with Crippen LogP contribution in [0.4, 0.5) is 19.0 Å². The Morgan fingerprint density at radius 3 is 2.73 bits per heavy atom. The van der Waals surface area contributed by atoms with Crippen molar-refractivity contribution in [1.29, 1.82) is 0 Å². The second kappa shape index (κ2) is 10.2. The van der Waals surface area contributed by atoms with Crippen molar-refractivity contribution in [1.82, 2.24) is 29.3 Å². The number of benzene rings is 1. The van der Waals surface area contributed by atoms with Gasteiger partial charge in [-0.3, -0.25) is 9.36 Å². The normalized spacial score (nSPS) is 13.4. The summed E-state index contributed by atoms with van der Waals surface area (Å²) >= 11 is 3.41. The van der Waals surface area contributed by atoms with Gasteiger partial charge in [-0.05, 0) is 34.0 Å². The second-order valence-corrected chi connectivity index (χ2v) is 9.73. The average molecular weight is 578 g/mol. The molecular weight excluding hydrogens is 555 g/mol. The van der Waals surface area contributed by atoms with E-state index < -0.39 is 11.7 Å². The first-order valence-electron chi connectivity index (χ1n) is 12.0. The maximum absolute atomic E-state index is 13.3. The highest BCUT2D eigenvalue weighted by molar-refractivity contribution is 9.18. The molecule has 0 saturated heterocycles. The molecule has 9 nitrogen and oxygen atoms in total. The van der Waals surface area contributed by atoms with Crippen molar-refractivity contribution in [3.63, 3.8) is 0 Å². The largest absolute Gasteiger partial charge is 0.416 e. The molecule has 0 atom stereocenters. The Morgan fingerprint density at radius 1 is 1.14 bits per heavy atom. The van der Waals surface area contributed by atoms with Crippen molar-refractivity contribution < 1.29 is 17.7 Å². The molecule has 0 saturated carbocycles. The molecule has 0 aliphatic carbocycles. The lowest BCUT2D eigenvalue weighted by atomic mass is 10.0. The fraction of sp³-hybridized carbons (Fsp3) is 0.417. The molecule has 0 bridgehead atoms. The van der Waals surface area contributed by atoms with Crippen LogP contribution < -0.4 is 5.56 Å². The van der Waals surface area contributed by atoms with Crippen molar-refractivity contribution in [2.45, 2.75) is 64.6 Å². The van der Waals surface area contributed by atoms with Crippen molar-refractivity contribution in [2.75, 3.05) is 0 Å². The number of halogens is 4. The SMILES string of the molecule is CCCCCn1c2c(c(=O)n3c(CCc4nc(Cc5ccccc5C(F)(F)F)no4)nnc13)CC(Br)=N2. The third kappa shape index (κ3) is 5.09. The van der Waals surface area contributed by atoms with E-state index in [0.717, 1.165) is 25.3 Å². The number of hydrogen-bond acceptors (Lipinski definition) is 7. The smallest absolute Gasteiger partial charge is 0.339 e. The van der Waals surface area contributed by atoms with Crippen LogP contribution in [0, 0.1) is 0 Å². The summed E-state index contributed by atoms with van der Waals surface area (Å²) in [4.78, 5) is 22.1. The van der Waals surface area contributed by atoms with Gasteiger partial charge in [-0.25, -0.2) is 9.39 Å². The number of hydrogen-bond donors (Lipinski definition) is 0. The van der Waals surface area contributed by atoms with E-state index in [4.69, 9.17) is 4.52 Å². The molecule has 37 heavy (non-hydrogen) atoms. The summed E-state index contributed by atoms with van der Waals surface area (Å²) in [6, 6.07) is 5.31. The summed E-state index contributed by atoms with van der Waals surface area (Å²) in [6.45, 7) is 2.78. The molecule has 5 rings (SSSR count). The number of aromatic nitrogens is 6. The van der Waals surface area contributed by atoms with Crippen LogP contribution in [-0.2, 0) is 38.4 Å². The minimum Gasteiger partial charge on any atom is -0.339 e. The zero-order valence-electron chi connectivity index (χ0n) is 19.9. The fourth-order valence-corrected chi connectivity index (χ4v) is 4.90. The summed E-state index contributed by atoms with van der Waals surface area (Å²) in [7, 11) is 0. The van der Waals surface area contributed by atoms with Crippen LogP contribution in [0.1, 0.15) is 60.4 Å². The van der Waals surface area contributed by atoms with Crippen molar-refractivity contribution in [2.24, 2.45) is 4.99 Å². The van der Waals surface area contributed by atoms with Gasteiger partial charge in [0.25, 0.3) is 5.56 Å². The van der Waals surface area contributed by atoms with Crippen molar-refractivity contribution >= 4 is 32.1 Å². The van der Waals surface area contributed by atoms with Crippen LogP contribution in [0.15, 0.2) is 38.6 Å². The lowest BCUT2D eigenvalue weighted by Gasteiger charge is -2.12. The van der Waals surface area contributed by atoms with Gasteiger partial charge in [0.1, 0.15) is 11.6 Å². The minimum atomic E-state index is -4.47. The van der Waals surface area contributed by atoms with Crippen LogP contribution in [0.25, 0.3) is 5.78 Å². The fourth-order valence-electron chi connectivity index (χ4n) is 4.45. The molecule has 4 aromatic rings. The summed E-state index contributed by atoms with van der Waals surface area (Å²) < 4.78 is 49.3. The molecule has 0 spiro atoms. The topological polar surface area (TPSA) is 103 Å². The Labute approximate surface area is 217 Å². The molecule has 3 aromatic heterocycles. The molecule has 0 unspecified atom stereocenters. The van der Waals surface area contributed by atoms with Gasteiger partial charge >= 0.3 is 6.18 Å². The highest BCUT2D eigenvalue weighted by atomic mass is 79.9. The van der Waals surface area contributed by atoms with Crippen molar-refractivity contribution in [3.8, 4) is 0 Å². The van der Waals surface area contributed by atoms with Crippen LogP contribution in [0.2, 0.25) is 0 Å². The van der Waals surface area contributed by atoms with Crippen LogP contribution in [0.3, 0.4) is 0 Å². The first-order chi connectivity index (χ1) is 17.8. The molecule has 194 valence electrons. The van der Waals surface area contributed by atoms with E-state index >= 15 is 0 Å². The van der Waals surface area contributed by atoms with Gasteiger partial charge in [0.2, 0.25) is 11.7 Å². The van der Waals surface area contributed by atoms with Gasteiger partial charge in [-0.1, -0.05) is 43.1 Å². The molecule has 0 N–H and O–H groups in total. The van der Waals surface area contributed by atoms with Crippen LogP contribution in [-0.4, -0.2) is 33.9 Å². The van der Waals surface area contributed by atoms with Crippen LogP contribution in [0.5, 0.6) is 0 Å². The van der Waals surface area contributed by atoms with E-state index in [1.165, 1.54) is 22.6 Å². The molecule has 0 fully saturated rings. The maximum atomic E-state index is 13.3. The number of alkyl halides is 3. The third-order valence-electron chi connectivity index (χ3n) is 6.22. The molecule has 1 aromatic carbocycles. The first kappa shape index (κ1) is 25.3. The summed E-state index contributed by atoms with van der Waals surface area (Å²) in [5, 5.41) is 12.4. The Balaban J connectivity index is 1.37. The van der Waals surface area contributed by atoms with E-state index in [1.54, 1.807) is 0 Å². The van der Waals surface area contributed by atoms with Crippen molar-refractivity contribution in [3.05, 3.63) is 68.8 Å². The zero-order chi connectivity index (χ0) is 26.2. The molecule has 0 amide bonds. The van der Waals surface area contributed by atoms with E-state index in [0.29, 0.717) is 40.6 Å². The molecule has 13 heteroatoms. The minimum absolute atomic E-state index is 0.0664. The van der Waals surface area contributed by atoms with E-state index in [9.17, 15) is 18.0 Å². The Bertz CT molecular complexity index is 1540. The predicted octanol–water partition coefficient (Wildman–Crippen LogP) is 4.84. The monoisotopic (exact) mass is 577 g/mol. The standard InChI is InChI=1S/C24H23BrF3N7O2/c1-2-3-6-11-34-21-15(13-17(25)29-21)22(36)35-19(31-32-23(34)35)9-10-20-30-18(33-37-20)12-14-7-4-5-8-16(14)24(26,27)28/h4-5,7-8H,2-3,6,9-13H2,1H3. The average Bonchev–Trinajstić information content (AvgIpc) is 3.58. The molecule has 0 radical (unpaired) electrons. The number of unbranched alkanes of at least 4 members (excludes halogenated alkanes) is 2. The number of aryl methyl sites for hydroxylation is 3. The highest BCUT2D eigenvalue weighted by Gasteiger charge is 2.33. The Morgan fingerprint density at radius 2 is 1.95 bits per heavy atom. The Kier molecular flexibility index (Phi) is 6.97. The quantitative estimate of drug-likeness (QED) is 0.264. The molecular formula is C24H23BrF3N7O2. The van der Waals surface area contributed by atoms with E-state index in [2.05, 4.69) is 48.2 Å². The third-order valence-corrected chi connectivity index (χ3v) is 6.68. The molecule has 1 aliphatic rings. The summed E-state index contributed by atoms with van der Waals surface area (Å²) in [5.41, 5.74) is -0.295. The lowest BCUT2D eigenvalue weighted by molar-refractivity contribution is -0.138. The van der Waals surface area contributed by atoms with E-state index in [1.807, 2.05) is 4.57 Å². The number of fused-ring (bicyclic) bond motifs is 2. The first-order valence-corrected chi connectivity index (χ1v) is 12.7. The number of rotatable bonds is 9. The predicted molar refractivity (Wildman–Crippen MR) is 132 cm³/mol. The van der Waals surface area contributed by atoms with Crippen LogP contribution >= 0.6 is 15.9 Å². The van der Waals surface area contributed by atoms with Gasteiger partial charge in [0.05, 0.1) is 15.7 Å². The highest BCUT2D eigenvalue weighted by Crippen LogP contribution is 2.32. The van der Waals surface area contributed by atoms with Gasteiger partial charge < -0.3 is 4.52 Å². The molecule has 1 aliphatic heterocycles. The molecule has 4 heterocycles. The second-order valence-electron chi connectivity index (χ2n) is 8.82. The number of nitrogens with zero attached hydrogens (tertiary/aromatic N) is 7. The number of aliphatic imine (C=N–C) groups is 1. The summed E-state index contributed by atoms with van der Waals surface area (Å²) in [5.74, 6) is 1.87. The Hall–Kier alpha value is -3.35. The van der Waals surface area contributed by atoms with Gasteiger partial charge in [-0.2, -0.15) is 18.2 Å². The lowest BCUT2D eigenvalue weighted by Crippen LogP contribution is -2.24. The van der Waals surface area contributed by atoms with Gasteiger partial charge in [-0.15, -0.1) is 10.2 Å². The summed E-state index contributed by atoms with van der Waals surface area (Å²) in [6.07, 6.45) is -0.642. The van der Waals surface area contributed by atoms with E-state index in [-0.39, 0.29) is 42.1 Å². The maximum Gasteiger partial charge on any atom is 0.416 e. The van der Waals surface area contributed by atoms with Gasteiger partial charge in [0.15, 0.2) is 5.82 Å². The zero-order valence-corrected chi connectivity index (χ0v) is 21.5.